The molecule has 4 aliphatic rings. The van der Waals surface area contributed by atoms with Crippen molar-refractivity contribution < 1.29 is 0 Å². The van der Waals surface area contributed by atoms with E-state index in [1.54, 1.807) is 0 Å². The van der Waals surface area contributed by atoms with Gasteiger partial charge in [-0.3, -0.25) is 0 Å². The van der Waals surface area contributed by atoms with Gasteiger partial charge in [-0.1, -0.05) is 60.8 Å². The topological polar surface area (TPSA) is 0 Å². The average molecular weight is 323 g/mol. The molecule has 0 heterocycles. The fourth-order valence-electron chi connectivity index (χ4n) is 2.42. The Balaban J connectivity index is 0.000000160. The van der Waals surface area contributed by atoms with Crippen LogP contribution in [-0.4, -0.2) is 0 Å². The van der Waals surface area contributed by atoms with Crippen molar-refractivity contribution in [1.82, 2.24) is 0 Å². The fraction of sp³-hybridized carbons (Fsp3) is 0.458. The minimum absolute atomic E-state index is 1.14. The average Bonchev–Trinajstić information content (AvgIpc) is 2.75. The Kier molecular flexibility index (Phi) is 14.8. The van der Waals surface area contributed by atoms with E-state index in [0.717, 1.165) is 12.8 Å². The summed E-state index contributed by atoms with van der Waals surface area (Å²) in [5.41, 5.74) is 3.03. The van der Waals surface area contributed by atoms with Gasteiger partial charge in [-0.05, 0) is 82.8 Å². The van der Waals surface area contributed by atoms with Crippen LogP contribution < -0.4 is 0 Å². The van der Waals surface area contributed by atoms with Crippen molar-refractivity contribution >= 4 is 0 Å². The lowest BCUT2D eigenvalue weighted by Crippen LogP contribution is -1.77. The van der Waals surface area contributed by atoms with E-state index in [0.29, 0.717) is 0 Å². The van der Waals surface area contributed by atoms with Gasteiger partial charge in [-0.25, -0.2) is 0 Å². The first-order valence-electron chi connectivity index (χ1n) is 9.66. The van der Waals surface area contributed by atoms with Crippen LogP contribution in [0.15, 0.2) is 78.6 Å². The van der Waals surface area contributed by atoms with Crippen molar-refractivity contribution in [3.05, 3.63) is 78.6 Å². The number of allylic oxidation sites excluding steroid dienone is 11. The van der Waals surface area contributed by atoms with Gasteiger partial charge in [0.25, 0.3) is 0 Å². The van der Waals surface area contributed by atoms with Crippen molar-refractivity contribution in [2.75, 3.05) is 0 Å². The number of hydrogen-bond acceptors (Lipinski definition) is 0. The third-order valence-corrected chi connectivity index (χ3v) is 3.85. The summed E-state index contributed by atoms with van der Waals surface area (Å²) in [4.78, 5) is 0. The summed E-state index contributed by atoms with van der Waals surface area (Å²) in [6.45, 7) is 0. The van der Waals surface area contributed by atoms with E-state index in [2.05, 4.69) is 78.6 Å². The Morgan fingerprint density at radius 3 is 1.08 bits per heavy atom. The molecule has 0 amide bonds. The van der Waals surface area contributed by atoms with Gasteiger partial charge in [0.2, 0.25) is 0 Å². The molecule has 24 heavy (non-hydrogen) atoms. The Bertz CT molecular complexity index is 425. The lowest BCUT2D eigenvalue weighted by molar-refractivity contribution is 0.730. The first kappa shape index (κ1) is 20.3. The standard InChI is InChI=1S/C6H10.3C6H8/c4*1-2-4-6-5-3-1/h1-2H,3-6H2;1,5H,2,4,6H2;1-2,5-6H,3-4H2;1-4H,5-6H2. The first-order valence-corrected chi connectivity index (χ1v) is 9.66. The van der Waals surface area contributed by atoms with Gasteiger partial charge in [0.05, 0.1) is 0 Å². The fourth-order valence-corrected chi connectivity index (χ4v) is 2.42. The van der Waals surface area contributed by atoms with E-state index in [-0.39, 0.29) is 0 Å². The van der Waals surface area contributed by atoms with Crippen LogP contribution in [0.4, 0.5) is 0 Å². The van der Waals surface area contributed by atoms with Crippen molar-refractivity contribution in [1.29, 1.82) is 0 Å². The van der Waals surface area contributed by atoms with Gasteiger partial charge >= 0.3 is 0 Å². The van der Waals surface area contributed by atoms with Crippen LogP contribution in [0.5, 0.6) is 0 Å². The number of rotatable bonds is 0. The third kappa shape index (κ3) is 15.1. The summed E-state index contributed by atoms with van der Waals surface area (Å²) in [6.07, 6.45) is 40.0. The van der Waals surface area contributed by atoms with Crippen molar-refractivity contribution in [2.24, 2.45) is 0 Å². The van der Waals surface area contributed by atoms with Gasteiger partial charge in [-0.15, -0.1) is 5.73 Å². The van der Waals surface area contributed by atoms with Gasteiger partial charge in [0, 0.05) is 0 Å². The molecule has 0 N–H and O–H groups in total. The summed E-state index contributed by atoms with van der Waals surface area (Å²) < 4.78 is 0. The zero-order valence-corrected chi connectivity index (χ0v) is 15.2. The molecule has 0 heteroatoms. The van der Waals surface area contributed by atoms with Crippen LogP contribution in [0.3, 0.4) is 0 Å². The second-order valence-corrected chi connectivity index (χ2v) is 6.11. The van der Waals surface area contributed by atoms with E-state index < -0.39 is 0 Å². The molecule has 130 valence electrons. The SMILES string of the molecule is C1=CCC=CC1.C1=CCCC=C1.C1=CCCCC1.C1=CCCCC=1. The normalized spacial score (nSPS) is 19.3. The highest BCUT2D eigenvalue weighted by Gasteiger charge is 1.87. The minimum Gasteiger partial charge on any atom is -0.130 e. The summed E-state index contributed by atoms with van der Waals surface area (Å²) >= 11 is 0. The van der Waals surface area contributed by atoms with Crippen LogP contribution in [0.25, 0.3) is 0 Å². The Labute approximate surface area is 149 Å². The molecule has 4 aliphatic carbocycles. The summed E-state index contributed by atoms with van der Waals surface area (Å²) in [5.74, 6) is 0. The van der Waals surface area contributed by atoms with Crippen molar-refractivity contribution in [3.63, 3.8) is 0 Å². The first-order chi connectivity index (χ1) is 12.0. The second-order valence-electron chi connectivity index (χ2n) is 6.11. The van der Waals surface area contributed by atoms with Crippen LogP contribution in [0.1, 0.15) is 70.6 Å². The molecule has 4 rings (SSSR count). The van der Waals surface area contributed by atoms with Crippen LogP contribution in [0, 0.1) is 0 Å². The highest BCUT2D eigenvalue weighted by Crippen LogP contribution is 2.07. The molecule has 0 spiro atoms. The van der Waals surface area contributed by atoms with E-state index >= 15 is 0 Å². The van der Waals surface area contributed by atoms with Crippen LogP contribution in [0.2, 0.25) is 0 Å². The van der Waals surface area contributed by atoms with Gasteiger partial charge < -0.3 is 0 Å². The molecule has 0 aromatic heterocycles. The Morgan fingerprint density at radius 2 is 0.917 bits per heavy atom. The molecule has 0 nitrogen and oxygen atoms in total. The smallest absolute Gasteiger partial charge is 0.0169 e. The Morgan fingerprint density at radius 1 is 0.417 bits per heavy atom. The molecule has 0 aromatic rings. The summed E-state index contributed by atoms with van der Waals surface area (Å²) in [6, 6.07) is 0. The maximum absolute atomic E-state index is 3.03. The van der Waals surface area contributed by atoms with Gasteiger partial charge in [-0.2, -0.15) is 0 Å². The van der Waals surface area contributed by atoms with Crippen LogP contribution in [-0.2, 0) is 0 Å². The lowest BCUT2D eigenvalue weighted by atomic mass is 10.1. The van der Waals surface area contributed by atoms with Crippen LogP contribution >= 0.6 is 0 Å². The minimum atomic E-state index is 1.14. The second kappa shape index (κ2) is 17.6. The summed E-state index contributed by atoms with van der Waals surface area (Å²) in [7, 11) is 0. The van der Waals surface area contributed by atoms with Crippen molar-refractivity contribution in [3.8, 4) is 0 Å². The van der Waals surface area contributed by atoms with Crippen molar-refractivity contribution in [2.45, 2.75) is 70.6 Å². The molecule has 0 atom stereocenters. The Hall–Kier alpha value is -1.78. The molecule has 0 aliphatic heterocycles. The monoisotopic (exact) mass is 322 g/mol. The highest BCUT2D eigenvalue weighted by atomic mass is 13.9. The van der Waals surface area contributed by atoms with E-state index in [9.17, 15) is 0 Å². The zero-order chi connectivity index (χ0) is 17.0. The van der Waals surface area contributed by atoms with E-state index in [1.807, 2.05) is 0 Å². The molecular formula is C24H34. The lowest BCUT2D eigenvalue weighted by Gasteiger charge is -1.97. The molecule has 0 bridgehead atoms. The molecule has 0 saturated carbocycles. The molecule has 0 saturated heterocycles. The van der Waals surface area contributed by atoms with E-state index in [1.165, 1.54) is 57.8 Å². The highest BCUT2D eigenvalue weighted by molar-refractivity contribution is 5.07. The van der Waals surface area contributed by atoms with Gasteiger partial charge in [0.1, 0.15) is 0 Å². The third-order valence-electron chi connectivity index (χ3n) is 3.85. The number of hydrogen-bond donors (Lipinski definition) is 0. The van der Waals surface area contributed by atoms with E-state index in [4.69, 9.17) is 0 Å². The molecule has 0 fully saturated rings. The largest absolute Gasteiger partial charge is 0.130 e. The maximum atomic E-state index is 3.03. The predicted molar refractivity (Wildman–Crippen MR) is 109 cm³/mol. The summed E-state index contributed by atoms with van der Waals surface area (Å²) in [5, 5.41) is 0. The maximum Gasteiger partial charge on any atom is -0.0169 e. The molecule has 0 radical (unpaired) electrons. The molecular weight excluding hydrogens is 288 g/mol. The molecule has 0 unspecified atom stereocenters. The van der Waals surface area contributed by atoms with Gasteiger partial charge in [0.15, 0.2) is 0 Å². The quantitative estimate of drug-likeness (QED) is 0.315. The molecule has 0 aromatic carbocycles. The predicted octanol–water partition coefficient (Wildman–Crippen LogP) is 7.78. The zero-order valence-electron chi connectivity index (χ0n) is 15.2.